The Morgan fingerprint density at radius 2 is 1.55 bits per heavy atom. The van der Waals surface area contributed by atoms with Crippen molar-refractivity contribution in [1.29, 1.82) is 0 Å². The summed E-state index contributed by atoms with van der Waals surface area (Å²) in [6.45, 7) is 4.24. The zero-order valence-electron chi connectivity index (χ0n) is 18.2. The van der Waals surface area contributed by atoms with Gasteiger partial charge in [-0.3, -0.25) is 4.79 Å². The lowest BCUT2D eigenvalue weighted by Gasteiger charge is -2.23. The molecule has 0 spiro atoms. The first-order valence-corrected chi connectivity index (χ1v) is 10.4. The molecule has 1 amide bonds. The molecule has 0 fully saturated rings. The maximum Gasteiger partial charge on any atom is 0.272 e. The van der Waals surface area contributed by atoms with Gasteiger partial charge >= 0.3 is 0 Å². The van der Waals surface area contributed by atoms with Gasteiger partial charge in [0.15, 0.2) is 0 Å². The summed E-state index contributed by atoms with van der Waals surface area (Å²) in [5, 5.41) is 0. The molecule has 0 bridgehead atoms. The second kappa shape index (κ2) is 10.7. The summed E-state index contributed by atoms with van der Waals surface area (Å²) >= 11 is 0. The zero-order chi connectivity index (χ0) is 22.2. The first kappa shape index (κ1) is 22.4. The van der Waals surface area contributed by atoms with E-state index in [1.807, 2.05) is 55.4 Å². The molecular weight excluding hydrogens is 393 g/mol. The van der Waals surface area contributed by atoms with Gasteiger partial charge in [-0.2, -0.15) is 0 Å². The van der Waals surface area contributed by atoms with Crippen LogP contribution in [0.25, 0.3) is 11.3 Å². The number of carbonyl (C=O) groups excluding carboxylic acids is 1. The molecule has 3 aromatic rings. The number of rotatable bonds is 9. The highest BCUT2D eigenvalue weighted by molar-refractivity contribution is 5.92. The number of halogens is 1. The second-order valence-corrected chi connectivity index (χ2v) is 7.58. The summed E-state index contributed by atoms with van der Waals surface area (Å²) in [7, 11) is 3.99. The average molecular weight is 422 g/mol. The van der Waals surface area contributed by atoms with Crippen LogP contribution in [-0.2, 0) is 0 Å². The molecule has 0 radical (unpaired) electrons. The van der Waals surface area contributed by atoms with E-state index in [-0.39, 0.29) is 11.7 Å². The number of benzene rings is 2. The van der Waals surface area contributed by atoms with Gasteiger partial charge in [0.25, 0.3) is 5.91 Å². The first-order valence-electron chi connectivity index (χ1n) is 10.4. The highest BCUT2D eigenvalue weighted by Crippen LogP contribution is 2.25. The van der Waals surface area contributed by atoms with Crippen molar-refractivity contribution < 1.29 is 13.9 Å². The number of ether oxygens (including phenoxy) is 1. The molecule has 0 aliphatic carbocycles. The zero-order valence-corrected chi connectivity index (χ0v) is 18.2. The monoisotopic (exact) mass is 421 g/mol. The van der Waals surface area contributed by atoms with Crippen LogP contribution in [0.2, 0.25) is 0 Å². The van der Waals surface area contributed by atoms with E-state index in [9.17, 15) is 9.18 Å². The van der Waals surface area contributed by atoms with Crippen LogP contribution in [0.15, 0.2) is 66.7 Å². The Labute approximate surface area is 183 Å². The largest absolute Gasteiger partial charge is 0.457 e. The number of aromatic nitrogens is 1. The van der Waals surface area contributed by atoms with Gasteiger partial charge in [-0.15, -0.1) is 0 Å². The molecule has 0 saturated carbocycles. The Balaban J connectivity index is 1.74. The van der Waals surface area contributed by atoms with E-state index < -0.39 is 0 Å². The molecule has 5 nitrogen and oxygen atoms in total. The molecule has 0 aliphatic rings. The van der Waals surface area contributed by atoms with Gasteiger partial charge < -0.3 is 14.5 Å². The predicted molar refractivity (Wildman–Crippen MR) is 121 cm³/mol. The summed E-state index contributed by atoms with van der Waals surface area (Å²) < 4.78 is 18.8. The molecule has 2 aromatic carbocycles. The highest BCUT2D eigenvalue weighted by atomic mass is 19.1. The Morgan fingerprint density at radius 3 is 2.16 bits per heavy atom. The lowest BCUT2D eigenvalue weighted by atomic mass is 10.1. The van der Waals surface area contributed by atoms with Crippen molar-refractivity contribution in [3.63, 3.8) is 0 Å². The first-order chi connectivity index (χ1) is 15.0. The molecule has 6 heteroatoms. The van der Waals surface area contributed by atoms with Gasteiger partial charge in [0.05, 0.1) is 5.69 Å². The van der Waals surface area contributed by atoms with E-state index in [4.69, 9.17) is 4.74 Å². The van der Waals surface area contributed by atoms with Gasteiger partial charge in [0.1, 0.15) is 23.0 Å². The molecule has 162 valence electrons. The number of amides is 1. The van der Waals surface area contributed by atoms with Crippen LogP contribution in [0.1, 0.15) is 23.8 Å². The van der Waals surface area contributed by atoms with Crippen LogP contribution in [0, 0.1) is 5.82 Å². The smallest absolute Gasteiger partial charge is 0.272 e. The molecule has 1 heterocycles. The van der Waals surface area contributed by atoms with Crippen LogP contribution in [0.5, 0.6) is 11.5 Å². The van der Waals surface area contributed by atoms with Crippen LogP contribution < -0.4 is 4.74 Å². The molecule has 0 N–H and O–H groups in total. The Hall–Kier alpha value is -3.25. The van der Waals surface area contributed by atoms with Crippen LogP contribution in [0.4, 0.5) is 4.39 Å². The van der Waals surface area contributed by atoms with Gasteiger partial charge in [0, 0.05) is 25.2 Å². The van der Waals surface area contributed by atoms with E-state index in [0.717, 1.165) is 24.2 Å². The third kappa shape index (κ3) is 6.36. The predicted octanol–water partition coefficient (Wildman–Crippen LogP) is 5.09. The summed E-state index contributed by atoms with van der Waals surface area (Å²) in [4.78, 5) is 21.5. The van der Waals surface area contributed by atoms with Gasteiger partial charge in [-0.1, -0.05) is 13.0 Å². The summed E-state index contributed by atoms with van der Waals surface area (Å²) in [6, 6.07) is 18.8. The number of nitrogens with zero attached hydrogens (tertiary/aromatic N) is 3. The quantitative estimate of drug-likeness (QED) is 0.483. The molecule has 0 saturated heterocycles. The molecule has 0 unspecified atom stereocenters. The van der Waals surface area contributed by atoms with E-state index in [2.05, 4.69) is 16.8 Å². The van der Waals surface area contributed by atoms with E-state index >= 15 is 0 Å². The van der Waals surface area contributed by atoms with Crippen molar-refractivity contribution in [3.8, 4) is 22.8 Å². The number of pyridine rings is 1. The number of hydrogen-bond acceptors (Lipinski definition) is 4. The molecule has 0 aliphatic heterocycles. The van der Waals surface area contributed by atoms with Crippen LogP contribution >= 0.6 is 0 Å². The minimum atomic E-state index is -0.303. The van der Waals surface area contributed by atoms with Crippen molar-refractivity contribution in [1.82, 2.24) is 14.8 Å². The fourth-order valence-corrected chi connectivity index (χ4v) is 3.11. The van der Waals surface area contributed by atoms with Crippen molar-refractivity contribution >= 4 is 5.91 Å². The minimum Gasteiger partial charge on any atom is -0.457 e. The van der Waals surface area contributed by atoms with Crippen molar-refractivity contribution in [2.45, 2.75) is 13.3 Å². The number of likely N-dealkylation sites (N-methyl/N-ethyl adjacent to an activating group) is 1. The second-order valence-electron chi connectivity index (χ2n) is 7.58. The topological polar surface area (TPSA) is 45.7 Å². The van der Waals surface area contributed by atoms with E-state index in [1.54, 1.807) is 18.2 Å². The van der Waals surface area contributed by atoms with Crippen molar-refractivity contribution in [2.75, 3.05) is 33.7 Å². The number of hydrogen-bond donors (Lipinski definition) is 0. The molecular formula is C25H28FN3O2. The number of carbonyl (C=O) groups is 1. The Morgan fingerprint density at radius 1 is 0.903 bits per heavy atom. The van der Waals surface area contributed by atoms with Crippen LogP contribution in [0.3, 0.4) is 0 Å². The summed E-state index contributed by atoms with van der Waals surface area (Å²) in [5.74, 6) is 0.846. The molecule has 3 rings (SSSR count). The lowest BCUT2D eigenvalue weighted by molar-refractivity contribution is 0.0739. The maximum absolute atomic E-state index is 13.0. The molecule has 1 aromatic heterocycles. The summed E-state index contributed by atoms with van der Waals surface area (Å²) in [5.41, 5.74) is 2.05. The third-order valence-corrected chi connectivity index (χ3v) is 4.77. The SMILES string of the molecule is CCCN(CCN(C)C)C(=O)c1cccc(-c2ccc(Oc3ccc(F)cc3)cc2)n1. The fourth-order valence-electron chi connectivity index (χ4n) is 3.11. The van der Waals surface area contributed by atoms with Gasteiger partial charge in [-0.25, -0.2) is 9.37 Å². The standard InChI is InChI=1S/C25H28FN3O2/c1-4-16-29(18-17-28(2)3)25(30)24-7-5-6-23(27-24)19-8-12-21(13-9-19)31-22-14-10-20(26)11-15-22/h5-15H,4,16-18H2,1-3H3. The molecule has 0 atom stereocenters. The normalized spacial score (nSPS) is 10.9. The summed E-state index contributed by atoms with van der Waals surface area (Å²) in [6.07, 6.45) is 0.897. The van der Waals surface area contributed by atoms with Crippen molar-refractivity contribution in [2.24, 2.45) is 0 Å². The van der Waals surface area contributed by atoms with Gasteiger partial charge in [-0.05, 0) is 81.2 Å². The van der Waals surface area contributed by atoms with E-state index in [0.29, 0.717) is 30.3 Å². The lowest BCUT2D eigenvalue weighted by Crippen LogP contribution is -2.37. The minimum absolute atomic E-state index is 0.0539. The van der Waals surface area contributed by atoms with Gasteiger partial charge in [0.2, 0.25) is 0 Å². The van der Waals surface area contributed by atoms with E-state index in [1.165, 1.54) is 12.1 Å². The Bertz CT molecular complexity index is 988. The highest BCUT2D eigenvalue weighted by Gasteiger charge is 2.17. The average Bonchev–Trinajstić information content (AvgIpc) is 2.78. The fraction of sp³-hybridized carbons (Fsp3) is 0.280. The third-order valence-electron chi connectivity index (χ3n) is 4.77. The molecule has 31 heavy (non-hydrogen) atoms. The Kier molecular flexibility index (Phi) is 7.73. The maximum atomic E-state index is 13.0. The van der Waals surface area contributed by atoms with Crippen molar-refractivity contribution in [3.05, 3.63) is 78.2 Å². The van der Waals surface area contributed by atoms with Crippen LogP contribution in [-0.4, -0.2) is 54.4 Å².